The average Bonchev–Trinajstić information content (AvgIpc) is 3.00. The van der Waals surface area contributed by atoms with Crippen molar-refractivity contribution in [2.45, 2.75) is 32.7 Å². The summed E-state index contributed by atoms with van der Waals surface area (Å²) in [6.45, 7) is 4.62. The summed E-state index contributed by atoms with van der Waals surface area (Å²) in [4.78, 5) is 6.77. The number of guanidine groups is 1. The maximum atomic E-state index is 6.14. The number of halogens is 1. The van der Waals surface area contributed by atoms with E-state index < -0.39 is 0 Å². The van der Waals surface area contributed by atoms with Crippen LogP contribution in [0, 0.1) is 6.92 Å². The summed E-state index contributed by atoms with van der Waals surface area (Å²) < 4.78 is 1.90. The van der Waals surface area contributed by atoms with Gasteiger partial charge in [-0.15, -0.1) is 24.0 Å². The minimum atomic E-state index is 0. The molecule has 0 radical (unpaired) electrons. The van der Waals surface area contributed by atoms with E-state index in [1.165, 1.54) is 19.3 Å². The molecule has 23 heavy (non-hydrogen) atoms. The van der Waals surface area contributed by atoms with Crippen LogP contribution in [0.3, 0.4) is 0 Å². The molecule has 1 aromatic heterocycles. The standard InChI is InChI=1S/C17H23N5.HI/c1-14-9-12-22(20-14)16-8-4-3-7-15(16)13-19-17(18)21-10-5-2-6-11-21;/h3-4,7-9,12H,2,5-6,10-11,13H2,1H3,(H2,18,19);1H. The van der Waals surface area contributed by atoms with Gasteiger partial charge in [0.2, 0.25) is 0 Å². The third-order valence-corrected chi connectivity index (χ3v) is 4.05. The summed E-state index contributed by atoms with van der Waals surface area (Å²) in [5.41, 5.74) is 9.34. The molecule has 124 valence electrons. The normalized spacial score (nSPS) is 15.3. The summed E-state index contributed by atoms with van der Waals surface area (Å²) in [5.74, 6) is 0.658. The Kier molecular flexibility index (Phi) is 6.44. The number of rotatable bonds is 3. The first-order valence-corrected chi connectivity index (χ1v) is 7.89. The molecule has 6 heteroatoms. The number of nitrogens with two attached hydrogens (primary N) is 1. The average molecular weight is 425 g/mol. The van der Waals surface area contributed by atoms with E-state index in [4.69, 9.17) is 5.73 Å². The van der Waals surface area contributed by atoms with E-state index in [0.717, 1.165) is 30.0 Å². The van der Waals surface area contributed by atoms with Gasteiger partial charge in [-0.1, -0.05) is 18.2 Å². The second-order valence-electron chi connectivity index (χ2n) is 5.75. The molecule has 1 aliphatic heterocycles. The van der Waals surface area contributed by atoms with Crippen LogP contribution in [-0.2, 0) is 6.54 Å². The quantitative estimate of drug-likeness (QED) is 0.467. The van der Waals surface area contributed by atoms with Crippen molar-refractivity contribution in [2.75, 3.05) is 13.1 Å². The number of nitrogens with zero attached hydrogens (tertiary/aromatic N) is 4. The van der Waals surface area contributed by atoms with E-state index in [1.807, 2.05) is 36.0 Å². The van der Waals surface area contributed by atoms with Crippen LogP contribution in [0.25, 0.3) is 5.69 Å². The topological polar surface area (TPSA) is 59.4 Å². The Balaban J connectivity index is 0.00000192. The fraction of sp³-hybridized carbons (Fsp3) is 0.412. The number of piperidine rings is 1. The Bertz CT molecular complexity index is 659. The molecule has 0 atom stereocenters. The van der Waals surface area contributed by atoms with Crippen molar-refractivity contribution in [3.05, 3.63) is 47.8 Å². The summed E-state index contributed by atoms with van der Waals surface area (Å²) >= 11 is 0. The van der Waals surface area contributed by atoms with Gasteiger partial charge >= 0.3 is 0 Å². The number of likely N-dealkylation sites (tertiary alicyclic amines) is 1. The Morgan fingerprint density at radius 2 is 1.91 bits per heavy atom. The Morgan fingerprint density at radius 3 is 2.61 bits per heavy atom. The Hall–Kier alpha value is -1.57. The molecule has 2 aromatic rings. The molecule has 0 amide bonds. The fourth-order valence-corrected chi connectivity index (χ4v) is 2.81. The lowest BCUT2D eigenvalue weighted by Gasteiger charge is -2.27. The molecule has 1 saturated heterocycles. The van der Waals surface area contributed by atoms with Gasteiger partial charge in [-0.05, 0) is 43.9 Å². The highest BCUT2D eigenvalue weighted by molar-refractivity contribution is 14.0. The third kappa shape index (κ3) is 4.46. The second kappa shape index (κ2) is 8.33. The SMILES string of the molecule is Cc1ccn(-c2ccccc2CN=C(N)N2CCCCC2)n1.I. The summed E-state index contributed by atoms with van der Waals surface area (Å²) in [7, 11) is 0. The summed E-state index contributed by atoms with van der Waals surface area (Å²) in [5, 5.41) is 4.49. The highest BCUT2D eigenvalue weighted by Gasteiger charge is 2.12. The van der Waals surface area contributed by atoms with E-state index in [9.17, 15) is 0 Å². The van der Waals surface area contributed by atoms with Crippen LogP contribution in [0.2, 0.25) is 0 Å². The first-order chi connectivity index (χ1) is 10.7. The highest BCUT2D eigenvalue weighted by atomic mass is 127. The lowest BCUT2D eigenvalue weighted by atomic mass is 10.1. The van der Waals surface area contributed by atoms with Crippen molar-refractivity contribution in [1.82, 2.24) is 14.7 Å². The minimum Gasteiger partial charge on any atom is -0.370 e. The molecule has 1 aromatic carbocycles. The number of aliphatic imine (C=N–C) groups is 1. The van der Waals surface area contributed by atoms with Gasteiger partial charge in [0.25, 0.3) is 0 Å². The van der Waals surface area contributed by atoms with Gasteiger partial charge in [-0.2, -0.15) is 5.10 Å². The number of aryl methyl sites for hydroxylation is 1. The molecule has 0 aliphatic carbocycles. The van der Waals surface area contributed by atoms with Crippen molar-refractivity contribution >= 4 is 29.9 Å². The van der Waals surface area contributed by atoms with Gasteiger partial charge in [-0.3, -0.25) is 0 Å². The number of benzene rings is 1. The summed E-state index contributed by atoms with van der Waals surface area (Å²) in [6, 6.07) is 10.2. The Labute approximate surface area is 154 Å². The molecule has 0 bridgehead atoms. The van der Waals surface area contributed by atoms with Crippen molar-refractivity contribution in [2.24, 2.45) is 10.7 Å². The van der Waals surface area contributed by atoms with Crippen LogP contribution in [0.5, 0.6) is 0 Å². The fourth-order valence-electron chi connectivity index (χ4n) is 2.81. The zero-order valence-corrected chi connectivity index (χ0v) is 15.8. The van der Waals surface area contributed by atoms with E-state index in [1.54, 1.807) is 0 Å². The summed E-state index contributed by atoms with van der Waals surface area (Å²) in [6.07, 6.45) is 5.69. The van der Waals surface area contributed by atoms with Gasteiger partial charge in [-0.25, -0.2) is 9.67 Å². The van der Waals surface area contributed by atoms with Crippen molar-refractivity contribution < 1.29 is 0 Å². The molecule has 2 N–H and O–H groups in total. The minimum absolute atomic E-state index is 0. The second-order valence-corrected chi connectivity index (χ2v) is 5.75. The van der Waals surface area contributed by atoms with Gasteiger partial charge in [0, 0.05) is 19.3 Å². The molecular weight excluding hydrogens is 401 g/mol. The lowest BCUT2D eigenvalue weighted by Crippen LogP contribution is -2.40. The number of aromatic nitrogens is 2. The van der Waals surface area contributed by atoms with E-state index in [-0.39, 0.29) is 24.0 Å². The molecule has 0 saturated carbocycles. The first kappa shape index (κ1) is 17.8. The first-order valence-electron chi connectivity index (χ1n) is 7.89. The monoisotopic (exact) mass is 425 g/mol. The zero-order chi connectivity index (χ0) is 15.4. The van der Waals surface area contributed by atoms with Crippen molar-refractivity contribution in [3.63, 3.8) is 0 Å². The van der Waals surface area contributed by atoms with Crippen molar-refractivity contribution in [1.29, 1.82) is 0 Å². The van der Waals surface area contributed by atoms with E-state index in [2.05, 4.69) is 27.1 Å². The molecule has 2 heterocycles. The third-order valence-electron chi connectivity index (χ3n) is 4.05. The lowest BCUT2D eigenvalue weighted by molar-refractivity contribution is 0.338. The van der Waals surface area contributed by atoms with E-state index in [0.29, 0.717) is 12.5 Å². The van der Waals surface area contributed by atoms with E-state index >= 15 is 0 Å². The zero-order valence-electron chi connectivity index (χ0n) is 13.5. The molecule has 5 nitrogen and oxygen atoms in total. The highest BCUT2D eigenvalue weighted by Crippen LogP contribution is 2.16. The number of hydrogen-bond donors (Lipinski definition) is 1. The van der Waals surface area contributed by atoms with Gasteiger partial charge in [0.05, 0.1) is 17.9 Å². The van der Waals surface area contributed by atoms with Crippen LogP contribution in [-0.4, -0.2) is 33.7 Å². The van der Waals surface area contributed by atoms with Crippen LogP contribution in [0.1, 0.15) is 30.5 Å². The van der Waals surface area contributed by atoms with Crippen LogP contribution in [0.4, 0.5) is 0 Å². The van der Waals surface area contributed by atoms with Crippen LogP contribution in [0.15, 0.2) is 41.5 Å². The molecule has 1 fully saturated rings. The maximum Gasteiger partial charge on any atom is 0.191 e. The molecule has 0 unspecified atom stereocenters. The maximum absolute atomic E-state index is 6.14. The smallest absolute Gasteiger partial charge is 0.191 e. The predicted octanol–water partition coefficient (Wildman–Crippen LogP) is 3.10. The largest absolute Gasteiger partial charge is 0.370 e. The van der Waals surface area contributed by atoms with Gasteiger partial charge in [0.1, 0.15) is 0 Å². The van der Waals surface area contributed by atoms with Crippen LogP contribution >= 0.6 is 24.0 Å². The Morgan fingerprint density at radius 1 is 1.17 bits per heavy atom. The predicted molar refractivity (Wildman–Crippen MR) is 104 cm³/mol. The molecular formula is C17H24IN5. The number of hydrogen-bond acceptors (Lipinski definition) is 2. The van der Waals surface area contributed by atoms with Gasteiger partial charge < -0.3 is 10.6 Å². The molecule has 1 aliphatic rings. The van der Waals surface area contributed by atoms with Crippen molar-refractivity contribution in [3.8, 4) is 5.69 Å². The molecule has 0 spiro atoms. The molecule has 3 rings (SSSR count). The van der Waals surface area contributed by atoms with Crippen LogP contribution < -0.4 is 5.73 Å². The van der Waals surface area contributed by atoms with Gasteiger partial charge in [0.15, 0.2) is 5.96 Å². The number of para-hydroxylation sites is 1.